The quantitative estimate of drug-likeness (QED) is 0.551. The third kappa shape index (κ3) is 2.99. The second-order valence-corrected chi connectivity index (χ2v) is 7.38. The number of carbonyl (C=O) groups is 1. The molecule has 1 saturated carbocycles. The van der Waals surface area contributed by atoms with Crippen LogP contribution >= 0.6 is 0 Å². The van der Waals surface area contributed by atoms with Crippen molar-refractivity contribution >= 4 is 16.9 Å². The van der Waals surface area contributed by atoms with Gasteiger partial charge in [0.15, 0.2) is 5.75 Å². The molecule has 1 heterocycles. The third-order valence-corrected chi connectivity index (χ3v) is 5.82. The first kappa shape index (κ1) is 17.7. The van der Waals surface area contributed by atoms with E-state index in [2.05, 4.69) is 4.57 Å². The van der Waals surface area contributed by atoms with Crippen molar-refractivity contribution in [1.82, 2.24) is 4.57 Å². The Kier molecular flexibility index (Phi) is 4.65. The molecule has 1 aliphatic rings. The SMILES string of the molecule is COC(=O)c1ccc2c(C3CCCCC3)c(-c3ccccc3[O])n(C)c2c1. The monoisotopic (exact) mass is 362 g/mol. The van der Waals surface area contributed by atoms with Crippen LogP contribution in [0, 0.1) is 0 Å². The van der Waals surface area contributed by atoms with Crippen LogP contribution in [0.3, 0.4) is 0 Å². The van der Waals surface area contributed by atoms with Gasteiger partial charge < -0.3 is 9.30 Å². The summed E-state index contributed by atoms with van der Waals surface area (Å²) in [6.07, 6.45) is 6.01. The number of hydrogen-bond donors (Lipinski definition) is 0. The summed E-state index contributed by atoms with van der Waals surface area (Å²) in [5.74, 6) is 0.137. The summed E-state index contributed by atoms with van der Waals surface area (Å²) in [5, 5.41) is 13.8. The lowest BCUT2D eigenvalue weighted by molar-refractivity contribution is 0.0601. The Morgan fingerprint density at radius 1 is 1.07 bits per heavy atom. The van der Waals surface area contributed by atoms with E-state index in [9.17, 15) is 9.90 Å². The summed E-state index contributed by atoms with van der Waals surface area (Å²) >= 11 is 0. The van der Waals surface area contributed by atoms with Crippen LogP contribution in [0.15, 0.2) is 42.5 Å². The number of para-hydroxylation sites is 1. The van der Waals surface area contributed by atoms with Crippen LogP contribution in [0.25, 0.3) is 22.2 Å². The zero-order valence-electron chi connectivity index (χ0n) is 15.8. The average Bonchev–Trinajstić information content (AvgIpc) is 3.00. The zero-order valence-corrected chi connectivity index (χ0v) is 15.8. The second kappa shape index (κ2) is 7.10. The van der Waals surface area contributed by atoms with Crippen molar-refractivity contribution in [3.8, 4) is 17.0 Å². The molecule has 4 rings (SSSR count). The van der Waals surface area contributed by atoms with E-state index >= 15 is 0 Å². The van der Waals surface area contributed by atoms with Crippen molar-refractivity contribution in [1.29, 1.82) is 0 Å². The first-order chi connectivity index (χ1) is 13.1. The molecule has 0 N–H and O–H groups in total. The van der Waals surface area contributed by atoms with Crippen molar-refractivity contribution in [3.05, 3.63) is 53.6 Å². The maximum Gasteiger partial charge on any atom is 0.337 e. The lowest BCUT2D eigenvalue weighted by Crippen LogP contribution is -2.06. The summed E-state index contributed by atoms with van der Waals surface area (Å²) in [6.45, 7) is 0. The molecule has 4 nitrogen and oxygen atoms in total. The van der Waals surface area contributed by atoms with Gasteiger partial charge in [-0.05, 0) is 48.6 Å². The highest BCUT2D eigenvalue weighted by Gasteiger charge is 2.27. The first-order valence-corrected chi connectivity index (χ1v) is 9.59. The number of nitrogens with zero attached hydrogens (tertiary/aromatic N) is 1. The van der Waals surface area contributed by atoms with E-state index in [1.54, 1.807) is 12.1 Å². The van der Waals surface area contributed by atoms with Crippen LogP contribution in [0.5, 0.6) is 5.75 Å². The Balaban J connectivity index is 2.00. The standard InChI is InChI=1S/C23H24NO3/c1-24-19-14-16(23(26)27-2)12-13-17(19)21(15-8-4-3-5-9-15)22(24)18-10-6-7-11-20(18)25/h6-7,10-15H,3-5,8-9H2,1-2H3. The largest absolute Gasteiger partial charge is 0.465 e. The zero-order chi connectivity index (χ0) is 19.0. The second-order valence-electron chi connectivity index (χ2n) is 7.38. The van der Waals surface area contributed by atoms with Gasteiger partial charge in [0, 0.05) is 23.5 Å². The number of benzene rings is 2. The molecule has 3 aromatic rings. The number of ether oxygens (including phenoxy) is 1. The lowest BCUT2D eigenvalue weighted by atomic mass is 9.81. The van der Waals surface area contributed by atoms with E-state index < -0.39 is 0 Å². The van der Waals surface area contributed by atoms with Gasteiger partial charge in [0.25, 0.3) is 0 Å². The van der Waals surface area contributed by atoms with Gasteiger partial charge in [-0.25, -0.2) is 4.79 Å². The molecule has 0 amide bonds. The van der Waals surface area contributed by atoms with Crippen LogP contribution in [0.1, 0.15) is 53.9 Å². The summed E-state index contributed by atoms with van der Waals surface area (Å²) in [4.78, 5) is 12.0. The summed E-state index contributed by atoms with van der Waals surface area (Å²) < 4.78 is 6.96. The maximum atomic E-state index is 12.6. The van der Waals surface area contributed by atoms with E-state index in [0.29, 0.717) is 11.5 Å². The number of fused-ring (bicyclic) bond motifs is 1. The smallest absolute Gasteiger partial charge is 0.337 e. The van der Waals surface area contributed by atoms with E-state index in [-0.39, 0.29) is 11.7 Å². The molecule has 2 aromatic carbocycles. The van der Waals surface area contributed by atoms with Crippen molar-refractivity contribution in [2.24, 2.45) is 7.05 Å². The summed E-state index contributed by atoms with van der Waals surface area (Å²) in [6, 6.07) is 12.9. The molecule has 1 radical (unpaired) electrons. The van der Waals surface area contributed by atoms with Crippen LogP contribution < -0.4 is 0 Å². The lowest BCUT2D eigenvalue weighted by Gasteiger charge is -2.23. The summed E-state index contributed by atoms with van der Waals surface area (Å²) in [5.41, 5.74) is 4.48. The molecule has 0 saturated heterocycles. The molecule has 1 aromatic heterocycles. The normalized spacial score (nSPS) is 15.2. The van der Waals surface area contributed by atoms with Gasteiger partial charge in [0.2, 0.25) is 0 Å². The fourth-order valence-electron chi connectivity index (χ4n) is 4.50. The Morgan fingerprint density at radius 2 is 1.81 bits per heavy atom. The Bertz CT molecular complexity index is 996. The van der Waals surface area contributed by atoms with Gasteiger partial charge >= 0.3 is 5.97 Å². The van der Waals surface area contributed by atoms with Gasteiger partial charge in [-0.1, -0.05) is 37.5 Å². The van der Waals surface area contributed by atoms with Crippen LogP contribution in [0.2, 0.25) is 0 Å². The molecule has 0 aliphatic heterocycles. The van der Waals surface area contributed by atoms with E-state index in [4.69, 9.17) is 4.74 Å². The minimum absolute atomic E-state index is 0.0358. The first-order valence-electron chi connectivity index (χ1n) is 9.59. The number of methoxy groups -OCH3 is 1. The van der Waals surface area contributed by atoms with Crippen molar-refractivity contribution in [2.45, 2.75) is 38.0 Å². The predicted molar refractivity (Wildman–Crippen MR) is 106 cm³/mol. The Labute approximate surface area is 159 Å². The topological polar surface area (TPSA) is 51.1 Å². The number of rotatable bonds is 3. The average molecular weight is 362 g/mol. The van der Waals surface area contributed by atoms with Crippen LogP contribution in [0.4, 0.5) is 0 Å². The molecule has 0 unspecified atom stereocenters. The molecule has 1 aliphatic carbocycles. The molecule has 0 bridgehead atoms. The summed E-state index contributed by atoms with van der Waals surface area (Å²) in [7, 11) is 3.38. The van der Waals surface area contributed by atoms with E-state index in [0.717, 1.165) is 35.0 Å². The fourth-order valence-corrected chi connectivity index (χ4v) is 4.50. The van der Waals surface area contributed by atoms with Crippen molar-refractivity contribution < 1.29 is 14.6 Å². The van der Waals surface area contributed by atoms with E-state index in [1.165, 1.54) is 31.9 Å². The molecular weight excluding hydrogens is 338 g/mol. The highest BCUT2D eigenvalue weighted by molar-refractivity contribution is 5.99. The van der Waals surface area contributed by atoms with Crippen LogP contribution in [-0.4, -0.2) is 17.6 Å². The molecule has 0 atom stereocenters. The predicted octanol–water partition coefficient (Wildman–Crippen LogP) is 5.82. The minimum Gasteiger partial charge on any atom is -0.465 e. The van der Waals surface area contributed by atoms with Gasteiger partial charge in [-0.15, -0.1) is 0 Å². The Hall–Kier alpha value is -2.75. The number of carbonyl (C=O) groups excluding carboxylic acids is 1. The molecule has 27 heavy (non-hydrogen) atoms. The van der Waals surface area contributed by atoms with Crippen molar-refractivity contribution in [2.75, 3.05) is 7.11 Å². The van der Waals surface area contributed by atoms with Gasteiger partial charge in [0.05, 0.1) is 18.4 Å². The van der Waals surface area contributed by atoms with Crippen LogP contribution in [-0.2, 0) is 16.9 Å². The van der Waals surface area contributed by atoms with E-state index in [1.807, 2.05) is 37.4 Å². The molecule has 139 valence electrons. The highest BCUT2D eigenvalue weighted by atomic mass is 16.5. The number of esters is 1. The minimum atomic E-state index is -0.344. The van der Waals surface area contributed by atoms with Gasteiger partial charge in [-0.3, -0.25) is 5.11 Å². The Morgan fingerprint density at radius 3 is 2.52 bits per heavy atom. The molecule has 1 fully saturated rings. The fraction of sp³-hybridized carbons (Fsp3) is 0.348. The highest BCUT2D eigenvalue weighted by Crippen LogP contribution is 2.45. The third-order valence-electron chi connectivity index (χ3n) is 5.82. The maximum absolute atomic E-state index is 12.6. The molecular formula is C23H24NO3. The number of aryl methyl sites for hydroxylation is 1. The number of hydrogen-bond acceptors (Lipinski definition) is 2. The van der Waals surface area contributed by atoms with Crippen molar-refractivity contribution in [3.63, 3.8) is 0 Å². The number of aromatic nitrogens is 1. The molecule has 4 heteroatoms. The van der Waals surface area contributed by atoms with Gasteiger partial charge in [-0.2, -0.15) is 0 Å². The van der Waals surface area contributed by atoms with Gasteiger partial charge in [0.1, 0.15) is 0 Å². The molecule has 0 spiro atoms.